The molecule has 1 fully saturated rings. The minimum atomic E-state index is -4.51. The van der Waals surface area contributed by atoms with Gasteiger partial charge in [-0.1, -0.05) is 12.1 Å². The lowest BCUT2D eigenvalue weighted by molar-refractivity contribution is -0.137. The molecule has 1 aliphatic rings. The second-order valence-electron chi connectivity index (χ2n) is 6.63. The first-order valence-electron chi connectivity index (χ1n) is 8.47. The van der Waals surface area contributed by atoms with Crippen LogP contribution in [0.1, 0.15) is 23.6 Å². The monoisotopic (exact) mass is 400 g/mol. The number of nitrogens with zero attached hydrogens (tertiary/aromatic N) is 1. The van der Waals surface area contributed by atoms with E-state index in [1.165, 1.54) is 17.0 Å². The van der Waals surface area contributed by atoms with Crippen LogP contribution in [-0.2, 0) is 11.0 Å². The third-order valence-electron chi connectivity index (χ3n) is 4.53. The largest absolute Gasteiger partial charge is 0.416 e. The summed E-state index contributed by atoms with van der Waals surface area (Å²) >= 11 is 0. The summed E-state index contributed by atoms with van der Waals surface area (Å²) < 4.78 is 65.8. The van der Waals surface area contributed by atoms with E-state index >= 15 is 0 Å². The van der Waals surface area contributed by atoms with Crippen LogP contribution in [0, 0.1) is 11.6 Å². The number of β-amino-alcohol motifs (C(OH)–C–C–N with tert-alkyl or cyclic N) is 1. The summed E-state index contributed by atoms with van der Waals surface area (Å²) in [4.78, 5) is 13.7. The molecule has 1 saturated heterocycles. The van der Waals surface area contributed by atoms with Gasteiger partial charge in [0.05, 0.1) is 23.9 Å². The Morgan fingerprint density at radius 3 is 2.64 bits per heavy atom. The molecule has 2 unspecified atom stereocenters. The van der Waals surface area contributed by atoms with Crippen LogP contribution in [0.3, 0.4) is 0 Å². The fourth-order valence-electron chi connectivity index (χ4n) is 3.29. The van der Waals surface area contributed by atoms with Crippen molar-refractivity contribution >= 4 is 11.6 Å². The van der Waals surface area contributed by atoms with Gasteiger partial charge in [0.2, 0.25) is 5.91 Å². The van der Waals surface area contributed by atoms with Crippen molar-refractivity contribution in [3.63, 3.8) is 0 Å². The first kappa shape index (κ1) is 20.2. The molecule has 0 bridgehead atoms. The Bertz CT molecular complexity index is 872. The molecule has 28 heavy (non-hydrogen) atoms. The number of hydrogen-bond acceptors (Lipinski definition) is 3. The van der Waals surface area contributed by atoms with E-state index in [1.807, 2.05) is 0 Å². The predicted molar refractivity (Wildman–Crippen MR) is 91.4 cm³/mol. The van der Waals surface area contributed by atoms with Gasteiger partial charge in [0.15, 0.2) is 0 Å². The molecule has 9 heteroatoms. The highest BCUT2D eigenvalue weighted by molar-refractivity contribution is 5.92. The SMILES string of the molecule is O=C(CN1CC(O)CC1c1cccc(C(F)(F)F)c1)Nc1cc(F)ccc1F. The highest BCUT2D eigenvalue weighted by atomic mass is 19.4. The van der Waals surface area contributed by atoms with Crippen molar-refractivity contribution in [3.05, 3.63) is 65.2 Å². The summed E-state index contributed by atoms with van der Waals surface area (Å²) in [5, 5.41) is 12.2. The van der Waals surface area contributed by atoms with Gasteiger partial charge in [0, 0.05) is 18.7 Å². The fraction of sp³-hybridized carbons (Fsp3) is 0.316. The van der Waals surface area contributed by atoms with Crippen LogP contribution in [0.2, 0.25) is 0 Å². The topological polar surface area (TPSA) is 52.6 Å². The first-order valence-corrected chi connectivity index (χ1v) is 8.47. The average molecular weight is 400 g/mol. The van der Waals surface area contributed by atoms with Crippen LogP contribution in [0.25, 0.3) is 0 Å². The van der Waals surface area contributed by atoms with Crippen molar-refractivity contribution < 1.29 is 31.9 Å². The molecule has 1 heterocycles. The number of amides is 1. The molecule has 4 nitrogen and oxygen atoms in total. The number of carbonyl (C=O) groups is 1. The highest BCUT2D eigenvalue weighted by Gasteiger charge is 2.36. The van der Waals surface area contributed by atoms with Gasteiger partial charge in [-0.2, -0.15) is 13.2 Å². The number of anilines is 1. The van der Waals surface area contributed by atoms with Gasteiger partial charge in [-0.05, 0) is 36.2 Å². The summed E-state index contributed by atoms with van der Waals surface area (Å²) in [6.07, 6.45) is -5.17. The number of carbonyl (C=O) groups excluding carboxylic acids is 1. The number of nitrogens with one attached hydrogen (secondary N) is 1. The molecule has 2 aromatic rings. The number of benzene rings is 2. The van der Waals surface area contributed by atoms with Crippen LogP contribution >= 0.6 is 0 Å². The molecule has 2 aromatic carbocycles. The summed E-state index contributed by atoms with van der Waals surface area (Å²) in [7, 11) is 0. The summed E-state index contributed by atoms with van der Waals surface area (Å²) in [6, 6.07) is 6.69. The molecular weight excluding hydrogens is 383 g/mol. The lowest BCUT2D eigenvalue weighted by atomic mass is 10.0. The lowest BCUT2D eigenvalue weighted by Gasteiger charge is -2.24. The van der Waals surface area contributed by atoms with Gasteiger partial charge in [-0.25, -0.2) is 8.78 Å². The normalized spacial score (nSPS) is 20.4. The van der Waals surface area contributed by atoms with Gasteiger partial charge in [-0.3, -0.25) is 9.69 Å². The van der Waals surface area contributed by atoms with Crippen LogP contribution in [-0.4, -0.2) is 35.1 Å². The maximum atomic E-state index is 13.7. The van der Waals surface area contributed by atoms with Crippen LogP contribution in [0.5, 0.6) is 0 Å². The number of alkyl halides is 3. The summed E-state index contributed by atoms with van der Waals surface area (Å²) in [6.45, 7) is -0.228. The van der Waals surface area contributed by atoms with E-state index in [0.717, 1.165) is 30.3 Å². The molecule has 1 aliphatic heterocycles. The minimum absolute atomic E-state index is 0.0694. The first-order chi connectivity index (χ1) is 13.1. The van der Waals surface area contributed by atoms with E-state index < -0.39 is 41.4 Å². The van der Waals surface area contributed by atoms with Gasteiger partial charge < -0.3 is 10.4 Å². The Morgan fingerprint density at radius 2 is 1.93 bits per heavy atom. The number of likely N-dealkylation sites (tertiary alicyclic amines) is 1. The summed E-state index contributed by atoms with van der Waals surface area (Å²) in [5.41, 5.74) is -0.839. The Hall–Kier alpha value is -2.52. The third kappa shape index (κ3) is 4.66. The second kappa shape index (κ2) is 7.84. The van der Waals surface area contributed by atoms with Crippen molar-refractivity contribution in [1.82, 2.24) is 4.90 Å². The van der Waals surface area contributed by atoms with E-state index in [9.17, 15) is 31.9 Å². The maximum absolute atomic E-state index is 13.7. The zero-order valence-corrected chi connectivity index (χ0v) is 14.5. The standard InChI is InChI=1S/C19H17F5N2O2/c20-13-4-5-15(21)16(7-13)25-18(28)10-26-9-14(27)8-17(26)11-2-1-3-12(6-11)19(22,23)24/h1-7,14,17,27H,8-10H2,(H,25,28). The van der Waals surface area contributed by atoms with E-state index in [-0.39, 0.29) is 25.2 Å². The molecule has 0 saturated carbocycles. The maximum Gasteiger partial charge on any atom is 0.416 e. The third-order valence-corrected chi connectivity index (χ3v) is 4.53. The fourth-order valence-corrected chi connectivity index (χ4v) is 3.29. The molecule has 1 amide bonds. The molecule has 3 rings (SSSR count). The van der Waals surface area contributed by atoms with Gasteiger partial charge in [-0.15, -0.1) is 0 Å². The molecule has 0 aliphatic carbocycles. The Kier molecular flexibility index (Phi) is 5.66. The van der Waals surface area contributed by atoms with Crippen molar-refractivity contribution in [2.24, 2.45) is 0 Å². The van der Waals surface area contributed by atoms with Crippen molar-refractivity contribution in [3.8, 4) is 0 Å². The second-order valence-corrected chi connectivity index (χ2v) is 6.63. The Morgan fingerprint density at radius 1 is 1.18 bits per heavy atom. The molecule has 150 valence electrons. The van der Waals surface area contributed by atoms with E-state index in [2.05, 4.69) is 5.32 Å². The van der Waals surface area contributed by atoms with Crippen LogP contribution < -0.4 is 5.32 Å². The van der Waals surface area contributed by atoms with E-state index in [0.29, 0.717) is 5.56 Å². The number of halogens is 5. The molecule has 2 atom stereocenters. The zero-order valence-electron chi connectivity index (χ0n) is 14.5. The van der Waals surface area contributed by atoms with Gasteiger partial charge in [0.1, 0.15) is 11.6 Å². The van der Waals surface area contributed by atoms with Crippen molar-refractivity contribution in [2.45, 2.75) is 24.7 Å². The van der Waals surface area contributed by atoms with Gasteiger partial charge in [0.25, 0.3) is 0 Å². The van der Waals surface area contributed by atoms with Crippen molar-refractivity contribution in [1.29, 1.82) is 0 Å². The molecule has 0 aromatic heterocycles. The Balaban J connectivity index is 1.75. The molecule has 0 spiro atoms. The lowest BCUT2D eigenvalue weighted by Crippen LogP contribution is -2.34. The quantitative estimate of drug-likeness (QED) is 0.769. The Labute approximate surface area is 157 Å². The number of rotatable bonds is 4. The predicted octanol–water partition coefficient (Wildman–Crippen LogP) is 3.73. The van der Waals surface area contributed by atoms with Crippen LogP contribution in [0.15, 0.2) is 42.5 Å². The van der Waals surface area contributed by atoms with E-state index in [4.69, 9.17) is 0 Å². The van der Waals surface area contributed by atoms with Crippen LogP contribution in [0.4, 0.5) is 27.6 Å². The molecular formula is C19H17F5N2O2. The molecule has 0 radical (unpaired) electrons. The van der Waals surface area contributed by atoms with E-state index in [1.54, 1.807) is 0 Å². The minimum Gasteiger partial charge on any atom is -0.392 e. The highest BCUT2D eigenvalue weighted by Crippen LogP contribution is 2.36. The number of aliphatic hydroxyl groups excluding tert-OH is 1. The van der Waals surface area contributed by atoms with Crippen molar-refractivity contribution in [2.75, 3.05) is 18.4 Å². The van der Waals surface area contributed by atoms with Gasteiger partial charge >= 0.3 is 6.18 Å². The smallest absolute Gasteiger partial charge is 0.392 e. The molecule has 2 N–H and O–H groups in total. The summed E-state index contributed by atoms with van der Waals surface area (Å²) in [5.74, 6) is -2.21. The number of hydrogen-bond donors (Lipinski definition) is 2. The zero-order chi connectivity index (χ0) is 20.5. The number of aliphatic hydroxyl groups is 1. The average Bonchev–Trinajstić information content (AvgIpc) is 2.97.